The molecule has 1 atom stereocenters. The first-order chi connectivity index (χ1) is 8.07. The van der Waals surface area contributed by atoms with E-state index >= 15 is 0 Å². The minimum absolute atomic E-state index is 0.0585. The number of hydrogen-bond acceptors (Lipinski definition) is 3. The summed E-state index contributed by atoms with van der Waals surface area (Å²) in [4.78, 5) is 13.9. The molecule has 2 rings (SSSR count). The topological polar surface area (TPSA) is 54.5 Å². The van der Waals surface area contributed by atoms with Gasteiger partial charge in [0.1, 0.15) is 0 Å². The first kappa shape index (κ1) is 12.9. The molecule has 2 saturated heterocycles. The number of rotatable bonds is 2. The lowest BCUT2D eigenvalue weighted by Gasteiger charge is -2.29. The number of carbonyl (C=O) groups is 1. The molecule has 17 heavy (non-hydrogen) atoms. The summed E-state index contributed by atoms with van der Waals surface area (Å²) in [7, 11) is -2.88. The Morgan fingerprint density at radius 3 is 2.47 bits per heavy atom. The predicted octanol–water partition coefficient (Wildman–Crippen LogP) is 1.21. The Kier molecular flexibility index (Phi) is 4.07. The smallest absolute Gasteiger partial charge is 0.222 e. The van der Waals surface area contributed by atoms with E-state index < -0.39 is 9.84 Å². The maximum absolute atomic E-state index is 12.0. The number of piperidine rings is 1. The van der Waals surface area contributed by atoms with E-state index in [-0.39, 0.29) is 17.6 Å². The Morgan fingerprint density at radius 1 is 1.12 bits per heavy atom. The summed E-state index contributed by atoms with van der Waals surface area (Å²) in [6, 6.07) is 0. The van der Waals surface area contributed by atoms with E-state index in [9.17, 15) is 13.2 Å². The quantitative estimate of drug-likeness (QED) is 0.749. The zero-order valence-electron chi connectivity index (χ0n) is 10.2. The highest BCUT2D eigenvalue weighted by molar-refractivity contribution is 7.91. The Labute approximate surface area is 103 Å². The van der Waals surface area contributed by atoms with Gasteiger partial charge in [-0.3, -0.25) is 4.79 Å². The molecule has 5 heteroatoms. The van der Waals surface area contributed by atoms with E-state index in [0.29, 0.717) is 12.2 Å². The molecule has 0 saturated carbocycles. The number of nitrogens with zero attached hydrogens (tertiary/aromatic N) is 1. The van der Waals surface area contributed by atoms with Gasteiger partial charge in [-0.15, -0.1) is 0 Å². The average Bonchev–Trinajstić information content (AvgIpc) is 2.29. The SMILES string of the molecule is O=C(CC1CCCS(=O)(=O)C1)N1CCCCC1. The second-order valence-electron chi connectivity index (χ2n) is 5.27. The van der Waals surface area contributed by atoms with Gasteiger partial charge in [0.2, 0.25) is 5.91 Å². The minimum atomic E-state index is -2.88. The number of sulfone groups is 1. The zero-order chi connectivity index (χ0) is 12.3. The van der Waals surface area contributed by atoms with Gasteiger partial charge in [0.05, 0.1) is 11.5 Å². The van der Waals surface area contributed by atoms with Crippen LogP contribution in [-0.2, 0) is 14.6 Å². The normalized spacial score (nSPS) is 28.9. The summed E-state index contributed by atoms with van der Waals surface area (Å²) in [6.45, 7) is 1.72. The fraction of sp³-hybridized carbons (Fsp3) is 0.917. The van der Waals surface area contributed by atoms with Crippen LogP contribution in [0.5, 0.6) is 0 Å². The number of hydrogen-bond donors (Lipinski definition) is 0. The molecule has 0 N–H and O–H groups in total. The van der Waals surface area contributed by atoms with Gasteiger partial charge in [-0.05, 0) is 38.0 Å². The lowest BCUT2D eigenvalue weighted by Crippen LogP contribution is -2.38. The van der Waals surface area contributed by atoms with Crippen molar-refractivity contribution in [2.75, 3.05) is 24.6 Å². The van der Waals surface area contributed by atoms with Crippen molar-refractivity contribution >= 4 is 15.7 Å². The van der Waals surface area contributed by atoms with Crippen LogP contribution in [0.25, 0.3) is 0 Å². The fourth-order valence-corrected chi connectivity index (χ4v) is 4.57. The molecule has 0 spiro atoms. The largest absolute Gasteiger partial charge is 0.343 e. The number of carbonyl (C=O) groups excluding carboxylic acids is 1. The highest BCUT2D eigenvalue weighted by Gasteiger charge is 2.28. The Morgan fingerprint density at radius 2 is 1.82 bits per heavy atom. The highest BCUT2D eigenvalue weighted by atomic mass is 32.2. The molecular weight excluding hydrogens is 238 g/mol. The molecule has 2 aliphatic heterocycles. The van der Waals surface area contributed by atoms with Crippen molar-refractivity contribution in [3.63, 3.8) is 0 Å². The first-order valence-electron chi connectivity index (χ1n) is 6.55. The van der Waals surface area contributed by atoms with Crippen LogP contribution < -0.4 is 0 Å². The monoisotopic (exact) mass is 259 g/mol. The van der Waals surface area contributed by atoms with Crippen LogP contribution in [0, 0.1) is 5.92 Å². The van der Waals surface area contributed by atoms with E-state index in [0.717, 1.165) is 38.8 Å². The molecule has 0 aromatic rings. The van der Waals surface area contributed by atoms with Crippen molar-refractivity contribution in [3.05, 3.63) is 0 Å². The maximum atomic E-state index is 12.0. The third-order valence-corrected chi connectivity index (χ3v) is 5.62. The molecule has 2 fully saturated rings. The summed E-state index contributed by atoms with van der Waals surface area (Å²) < 4.78 is 23.0. The van der Waals surface area contributed by atoms with Crippen LogP contribution in [0.15, 0.2) is 0 Å². The van der Waals surface area contributed by atoms with E-state index in [1.807, 2.05) is 4.90 Å². The van der Waals surface area contributed by atoms with Gasteiger partial charge >= 0.3 is 0 Å². The van der Waals surface area contributed by atoms with Crippen molar-refractivity contribution in [1.82, 2.24) is 4.90 Å². The van der Waals surface area contributed by atoms with Crippen LogP contribution in [0.2, 0.25) is 0 Å². The van der Waals surface area contributed by atoms with Gasteiger partial charge in [-0.1, -0.05) is 0 Å². The Balaban J connectivity index is 1.85. The van der Waals surface area contributed by atoms with E-state index in [4.69, 9.17) is 0 Å². The molecule has 0 radical (unpaired) electrons. The molecular formula is C12H21NO3S. The fourth-order valence-electron chi connectivity index (χ4n) is 2.80. The molecule has 1 amide bonds. The standard InChI is InChI=1S/C12H21NO3S/c14-12(13-6-2-1-3-7-13)9-11-5-4-8-17(15,16)10-11/h11H,1-10H2. The van der Waals surface area contributed by atoms with Crippen molar-refractivity contribution in [3.8, 4) is 0 Å². The molecule has 0 aromatic heterocycles. The first-order valence-corrected chi connectivity index (χ1v) is 8.37. The third-order valence-electron chi connectivity index (χ3n) is 3.73. The van der Waals surface area contributed by atoms with Gasteiger partial charge in [-0.2, -0.15) is 0 Å². The lowest BCUT2D eigenvalue weighted by atomic mass is 10.00. The summed E-state index contributed by atoms with van der Waals surface area (Å²) in [5.74, 6) is 0.739. The molecule has 1 unspecified atom stereocenters. The predicted molar refractivity (Wildman–Crippen MR) is 66.4 cm³/mol. The highest BCUT2D eigenvalue weighted by Crippen LogP contribution is 2.23. The maximum Gasteiger partial charge on any atom is 0.222 e. The summed E-state index contributed by atoms with van der Waals surface area (Å²) in [6.07, 6.45) is 5.43. The van der Waals surface area contributed by atoms with Crippen molar-refractivity contribution in [2.24, 2.45) is 5.92 Å². The lowest BCUT2D eigenvalue weighted by molar-refractivity contribution is -0.133. The van der Waals surface area contributed by atoms with Gasteiger partial charge in [0.15, 0.2) is 9.84 Å². The van der Waals surface area contributed by atoms with E-state index in [2.05, 4.69) is 0 Å². The van der Waals surface area contributed by atoms with Gasteiger partial charge in [-0.25, -0.2) is 8.42 Å². The summed E-state index contributed by atoms with van der Waals surface area (Å²) in [5, 5.41) is 0. The summed E-state index contributed by atoms with van der Waals surface area (Å²) >= 11 is 0. The van der Waals surface area contributed by atoms with Crippen LogP contribution in [0.1, 0.15) is 38.5 Å². The Bertz CT molecular complexity index is 371. The number of amides is 1. The van der Waals surface area contributed by atoms with Gasteiger partial charge < -0.3 is 4.90 Å². The van der Waals surface area contributed by atoms with Crippen molar-refractivity contribution in [1.29, 1.82) is 0 Å². The van der Waals surface area contributed by atoms with Crippen LogP contribution in [0.3, 0.4) is 0 Å². The zero-order valence-corrected chi connectivity index (χ0v) is 11.0. The molecule has 2 heterocycles. The van der Waals surface area contributed by atoms with Crippen molar-refractivity contribution in [2.45, 2.75) is 38.5 Å². The van der Waals surface area contributed by atoms with E-state index in [1.165, 1.54) is 6.42 Å². The molecule has 2 aliphatic rings. The van der Waals surface area contributed by atoms with Crippen LogP contribution in [0.4, 0.5) is 0 Å². The molecule has 0 aliphatic carbocycles. The molecule has 0 bridgehead atoms. The number of likely N-dealkylation sites (tertiary alicyclic amines) is 1. The van der Waals surface area contributed by atoms with Gasteiger partial charge in [0, 0.05) is 19.5 Å². The minimum Gasteiger partial charge on any atom is -0.343 e. The van der Waals surface area contributed by atoms with Crippen LogP contribution in [-0.4, -0.2) is 43.8 Å². The molecule has 4 nitrogen and oxygen atoms in total. The van der Waals surface area contributed by atoms with Gasteiger partial charge in [0.25, 0.3) is 0 Å². The summed E-state index contributed by atoms with van der Waals surface area (Å²) in [5.41, 5.74) is 0. The van der Waals surface area contributed by atoms with Crippen LogP contribution >= 0.6 is 0 Å². The third kappa shape index (κ3) is 3.69. The average molecular weight is 259 g/mol. The van der Waals surface area contributed by atoms with E-state index in [1.54, 1.807) is 0 Å². The molecule has 0 aromatic carbocycles. The Hall–Kier alpha value is -0.580. The van der Waals surface area contributed by atoms with Crippen molar-refractivity contribution < 1.29 is 13.2 Å². The molecule has 98 valence electrons. The second kappa shape index (κ2) is 5.38. The second-order valence-corrected chi connectivity index (χ2v) is 7.50.